The Morgan fingerprint density at radius 1 is 1.13 bits per heavy atom. The molecule has 10 heteroatoms. The minimum atomic E-state index is -4.99. The third-order valence-corrected chi connectivity index (χ3v) is 3.67. The lowest BCUT2D eigenvalue weighted by Crippen LogP contribution is -2.29. The molecular formula is C13H10F3N3O3S. The Hall–Kier alpha value is -2.49. The SMILES string of the molecule is CS(=O)(=O)c1ccc(-c2cccc(NC(=O)C(F)(F)F)c2)nn1. The summed E-state index contributed by atoms with van der Waals surface area (Å²) in [5.74, 6) is -2.09. The fraction of sp³-hybridized carbons (Fsp3) is 0.154. The van der Waals surface area contributed by atoms with Gasteiger partial charge >= 0.3 is 12.1 Å². The van der Waals surface area contributed by atoms with Gasteiger partial charge in [-0.25, -0.2) is 8.42 Å². The minimum absolute atomic E-state index is 0.0705. The molecule has 6 nitrogen and oxygen atoms in total. The molecule has 1 heterocycles. The van der Waals surface area contributed by atoms with Crippen LogP contribution in [0.25, 0.3) is 11.3 Å². The Labute approximate surface area is 129 Å². The summed E-state index contributed by atoms with van der Waals surface area (Å²) in [6.45, 7) is 0. The number of amides is 1. The van der Waals surface area contributed by atoms with Gasteiger partial charge in [-0.1, -0.05) is 12.1 Å². The van der Waals surface area contributed by atoms with Gasteiger partial charge in [0.1, 0.15) is 0 Å². The van der Waals surface area contributed by atoms with E-state index in [1.165, 1.54) is 36.4 Å². The molecule has 122 valence electrons. The molecular weight excluding hydrogens is 335 g/mol. The monoisotopic (exact) mass is 345 g/mol. The fourth-order valence-electron chi connectivity index (χ4n) is 1.63. The molecule has 0 aliphatic carbocycles. The van der Waals surface area contributed by atoms with E-state index < -0.39 is 21.9 Å². The van der Waals surface area contributed by atoms with Crippen molar-refractivity contribution in [3.05, 3.63) is 36.4 Å². The Bertz CT molecular complexity index is 834. The number of alkyl halides is 3. The standard InChI is InChI=1S/C13H10F3N3O3S/c1-23(21,22)11-6-5-10(18-19-11)8-3-2-4-9(7-8)17-12(20)13(14,15)16/h2-7H,1H3,(H,17,20). The molecule has 1 aromatic carbocycles. The lowest BCUT2D eigenvalue weighted by Gasteiger charge is -2.09. The smallest absolute Gasteiger partial charge is 0.318 e. The number of rotatable bonds is 3. The Morgan fingerprint density at radius 2 is 1.83 bits per heavy atom. The molecule has 0 aliphatic rings. The Morgan fingerprint density at radius 3 is 2.35 bits per heavy atom. The maximum Gasteiger partial charge on any atom is 0.471 e. The number of nitrogens with zero attached hydrogens (tertiary/aromatic N) is 2. The molecule has 0 fully saturated rings. The number of anilines is 1. The third kappa shape index (κ3) is 4.25. The van der Waals surface area contributed by atoms with Gasteiger partial charge in [0.05, 0.1) is 5.69 Å². The summed E-state index contributed by atoms with van der Waals surface area (Å²) in [7, 11) is -3.50. The summed E-state index contributed by atoms with van der Waals surface area (Å²) in [4.78, 5) is 10.9. The maximum atomic E-state index is 12.2. The zero-order chi connectivity index (χ0) is 17.3. The molecule has 1 N–H and O–H groups in total. The largest absolute Gasteiger partial charge is 0.471 e. The van der Waals surface area contributed by atoms with E-state index in [4.69, 9.17) is 0 Å². The van der Waals surface area contributed by atoms with E-state index in [0.717, 1.165) is 6.26 Å². The average molecular weight is 345 g/mol. The summed E-state index contributed by atoms with van der Waals surface area (Å²) < 4.78 is 59.3. The second kappa shape index (κ2) is 5.95. The lowest BCUT2D eigenvalue weighted by molar-refractivity contribution is -0.167. The number of nitrogens with one attached hydrogen (secondary N) is 1. The van der Waals surface area contributed by atoms with Crippen LogP contribution in [0, 0.1) is 0 Å². The third-order valence-electron chi connectivity index (χ3n) is 2.69. The number of hydrogen-bond acceptors (Lipinski definition) is 5. The number of benzene rings is 1. The number of aromatic nitrogens is 2. The van der Waals surface area contributed by atoms with Crippen molar-refractivity contribution < 1.29 is 26.4 Å². The second-order valence-electron chi connectivity index (χ2n) is 4.56. The highest BCUT2D eigenvalue weighted by molar-refractivity contribution is 7.90. The number of hydrogen-bond donors (Lipinski definition) is 1. The molecule has 0 saturated heterocycles. The first-order chi connectivity index (χ1) is 10.6. The first-order valence-corrected chi connectivity index (χ1v) is 7.99. The van der Waals surface area contributed by atoms with Crippen LogP contribution in [0.15, 0.2) is 41.4 Å². The Kier molecular flexibility index (Phi) is 4.37. The van der Waals surface area contributed by atoms with Gasteiger partial charge in [-0.15, -0.1) is 10.2 Å². The van der Waals surface area contributed by atoms with Crippen molar-refractivity contribution in [2.45, 2.75) is 11.2 Å². The van der Waals surface area contributed by atoms with Crippen LogP contribution >= 0.6 is 0 Å². The summed E-state index contributed by atoms with van der Waals surface area (Å²) in [6, 6.07) is 8.12. The number of sulfone groups is 1. The van der Waals surface area contributed by atoms with Crippen LogP contribution in [-0.2, 0) is 14.6 Å². The normalized spacial score (nSPS) is 12.0. The molecule has 0 unspecified atom stereocenters. The first kappa shape index (κ1) is 16.9. The van der Waals surface area contributed by atoms with Gasteiger partial charge < -0.3 is 5.32 Å². The van der Waals surface area contributed by atoms with Gasteiger partial charge in [-0.2, -0.15) is 13.2 Å². The summed E-state index contributed by atoms with van der Waals surface area (Å²) in [5, 5.41) is 8.77. The van der Waals surface area contributed by atoms with Crippen molar-refractivity contribution in [3.63, 3.8) is 0 Å². The highest BCUT2D eigenvalue weighted by Crippen LogP contribution is 2.23. The van der Waals surface area contributed by atoms with Crippen LogP contribution in [0.5, 0.6) is 0 Å². The molecule has 0 aliphatic heterocycles. The van der Waals surface area contributed by atoms with E-state index in [-0.39, 0.29) is 16.4 Å². The van der Waals surface area contributed by atoms with Gasteiger partial charge in [0.15, 0.2) is 14.9 Å². The molecule has 0 spiro atoms. The molecule has 0 bridgehead atoms. The minimum Gasteiger partial charge on any atom is -0.318 e. The number of carbonyl (C=O) groups is 1. The van der Waals surface area contributed by atoms with Gasteiger partial charge in [0, 0.05) is 17.5 Å². The summed E-state index contributed by atoms with van der Waals surface area (Å²) >= 11 is 0. The van der Waals surface area contributed by atoms with E-state index in [1.807, 2.05) is 0 Å². The highest BCUT2D eigenvalue weighted by Gasteiger charge is 2.38. The lowest BCUT2D eigenvalue weighted by atomic mass is 10.1. The predicted octanol–water partition coefficient (Wildman–Crippen LogP) is 2.05. The van der Waals surface area contributed by atoms with Crippen LogP contribution < -0.4 is 5.32 Å². The molecule has 0 atom stereocenters. The van der Waals surface area contributed by atoms with Gasteiger partial charge in [-0.3, -0.25) is 4.79 Å². The van der Waals surface area contributed by atoms with Crippen molar-refractivity contribution >= 4 is 21.4 Å². The van der Waals surface area contributed by atoms with Crippen molar-refractivity contribution in [2.75, 3.05) is 11.6 Å². The molecule has 2 rings (SSSR count). The zero-order valence-electron chi connectivity index (χ0n) is 11.6. The molecule has 23 heavy (non-hydrogen) atoms. The fourth-order valence-corrected chi connectivity index (χ4v) is 2.13. The maximum absolute atomic E-state index is 12.2. The average Bonchev–Trinajstić information content (AvgIpc) is 2.46. The van der Waals surface area contributed by atoms with Crippen molar-refractivity contribution in [1.29, 1.82) is 0 Å². The van der Waals surface area contributed by atoms with Crippen LogP contribution in [-0.4, -0.2) is 37.0 Å². The quantitative estimate of drug-likeness (QED) is 0.920. The van der Waals surface area contributed by atoms with Crippen molar-refractivity contribution in [2.24, 2.45) is 0 Å². The summed E-state index contributed by atoms with van der Waals surface area (Å²) in [5.41, 5.74) is 0.553. The van der Waals surface area contributed by atoms with E-state index in [2.05, 4.69) is 10.2 Å². The predicted molar refractivity (Wildman–Crippen MR) is 75.3 cm³/mol. The van der Waals surface area contributed by atoms with Crippen molar-refractivity contribution in [3.8, 4) is 11.3 Å². The Balaban J connectivity index is 2.28. The van der Waals surface area contributed by atoms with Gasteiger partial charge in [0.25, 0.3) is 0 Å². The number of halogens is 3. The molecule has 1 amide bonds. The molecule has 1 aromatic heterocycles. The van der Waals surface area contributed by atoms with E-state index in [1.54, 1.807) is 5.32 Å². The van der Waals surface area contributed by atoms with E-state index in [9.17, 15) is 26.4 Å². The van der Waals surface area contributed by atoms with Gasteiger partial charge in [-0.05, 0) is 24.3 Å². The van der Waals surface area contributed by atoms with E-state index in [0.29, 0.717) is 5.56 Å². The van der Waals surface area contributed by atoms with Crippen LogP contribution in [0.2, 0.25) is 0 Å². The first-order valence-electron chi connectivity index (χ1n) is 6.10. The van der Waals surface area contributed by atoms with Crippen LogP contribution in [0.4, 0.5) is 18.9 Å². The number of carbonyl (C=O) groups excluding carboxylic acids is 1. The van der Waals surface area contributed by atoms with E-state index >= 15 is 0 Å². The summed E-state index contributed by atoms with van der Waals surface area (Å²) in [6.07, 6.45) is -4.02. The van der Waals surface area contributed by atoms with Crippen molar-refractivity contribution in [1.82, 2.24) is 10.2 Å². The second-order valence-corrected chi connectivity index (χ2v) is 6.52. The molecule has 0 saturated carbocycles. The van der Waals surface area contributed by atoms with Crippen LogP contribution in [0.1, 0.15) is 0 Å². The van der Waals surface area contributed by atoms with Gasteiger partial charge in [0.2, 0.25) is 0 Å². The topological polar surface area (TPSA) is 89.0 Å². The van der Waals surface area contributed by atoms with Crippen LogP contribution in [0.3, 0.4) is 0 Å². The highest BCUT2D eigenvalue weighted by atomic mass is 32.2. The molecule has 0 radical (unpaired) electrons. The zero-order valence-corrected chi connectivity index (χ0v) is 12.4. The molecule has 2 aromatic rings.